The fraction of sp³-hybridized carbons (Fsp3) is 0.375. The first-order valence-electron chi connectivity index (χ1n) is 7.39. The summed E-state index contributed by atoms with van der Waals surface area (Å²) in [6.07, 6.45) is 1.45. The van der Waals surface area contributed by atoms with Crippen LogP contribution >= 0.6 is 0 Å². The molecule has 0 aliphatic carbocycles. The summed E-state index contributed by atoms with van der Waals surface area (Å²) in [4.78, 5) is 18.4. The van der Waals surface area contributed by atoms with Gasteiger partial charge in [0.15, 0.2) is 9.84 Å². The van der Waals surface area contributed by atoms with Gasteiger partial charge in [-0.3, -0.25) is 9.78 Å². The number of halogens is 1. The molecule has 1 aliphatic rings. The summed E-state index contributed by atoms with van der Waals surface area (Å²) in [7, 11) is -3.12. The van der Waals surface area contributed by atoms with Gasteiger partial charge < -0.3 is 4.90 Å². The molecule has 0 saturated carbocycles. The minimum Gasteiger partial charge on any atom is -0.337 e. The fourth-order valence-electron chi connectivity index (χ4n) is 2.87. The Morgan fingerprint density at radius 2 is 2.13 bits per heavy atom. The van der Waals surface area contributed by atoms with Gasteiger partial charge >= 0.3 is 0 Å². The van der Waals surface area contributed by atoms with E-state index in [9.17, 15) is 17.6 Å². The maximum Gasteiger partial charge on any atom is 0.255 e. The first-order chi connectivity index (χ1) is 10.8. The van der Waals surface area contributed by atoms with Crippen LogP contribution in [0.5, 0.6) is 0 Å². The summed E-state index contributed by atoms with van der Waals surface area (Å²) in [6, 6.07) is 5.80. The topological polar surface area (TPSA) is 67.3 Å². The van der Waals surface area contributed by atoms with Crippen LogP contribution in [0.2, 0.25) is 0 Å². The molecular weight excluding hydrogens is 319 g/mol. The Morgan fingerprint density at radius 1 is 1.35 bits per heavy atom. The van der Waals surface area contributed by atoms with Crippen LogP contribution in [0.3, 0.4) is 0 Å². The molecule has 0 bridgehead atoms. The average molecular weight is 336 g/mol. The molecule has 0 spiro atoms. The van der Waals surface area contributed by atoms with Crippen molar-refractivity contribution in [3.63, 3.8) is 0 Å². The Balaban J connectivity index is 1.90. The van der Waals surface area contributed by atoms with Gasteiger partial charge in [0.2, 0.25) is 0 Å². The molecule has 1 aromatic heterocycles. The van der Waals surface area contributed by atoms with Crippen LogP contribution in [0.4, 0.5) is 4.39 Å². The molecule has 0 radical (unpaired) electrons. The predicted octanol–water partition coefficient (Wildman–Crippen LogP) is 1.88. The molecule has 1 aliphatic heterocycles. The fourth-order valence-corrected chi connectivity index (χ4v) is 4.51. The second-order valence-corrected chi connectivity index (χ2v) is 8.26. The van der Waals surface area contributed by atoms with Crippen molar-refractivity contribution in [1.82, 2.24) is 9.88 Å². The summed E-state index contributed by atoms with van der Waals surface area (Å²) in [5.74, 6) is -0.709. The predicted molar refractivity (Wildman–Crippen MR) is 85.4 cm³/mol. The van der Waals surface area contributed by atoms with Crippen LogP contribution in [0, 0.1) is 11.7 Å². The molecule has 2 aromatic rings. The van der Waals surface area contributed by atoms with E-state index in [0.29, 0.717) is 23.0 Å². The maximum absolute atomic E-state index is 13.3. The molecule has 1 aromatic carbocycles. The normalized spacial score (nSPS) is 21.1. The van der Waals surface area contributed by atoms with Crippen molar-refractivity contribution >= 4 is 26.6 Å². The lowest BCUT2D eigenvalue weighted by Crippen LogP contribution is -2.35. The Kier molecular flexibility index (Phi) is 4.06. The zero-order chi connectivity index (χ0) is 16.6. The van der Waals surface area contributed by atoms with Crippen molar-refractivity contribution in [3.8, 4) is 0 Å². The third-order valence-electron chi connectivity index (χ3n) is 3.92. The smallest absolute Gasteiger partial charge is 0.255 e. The molecule has 1 atom stereocenters. The third-order valence-corrected chi connectivity index (χ3v) is 5.80. The van der Waals surface area contributed by atoms with Gasteiger partial charge in [-0.15, -0.1) is 0 Å². The molecule has 23 heavy (non-hydrogen) atoms. The van der Waals surface area contributed by atoms with Crippen molar-refractivity contribution in [2.24, 2.45) is 5.92 Å². The third kappa shape index (κ3) is 3.50. The number of sulfone groups is 1. The highest BCUT2D eigenvalue weighted by molar-refractivity contribution is 7.91. The van der Waals surface area contributed by atoms with E-state index in [-0.39, 0.29) is 29.9 Å². The van der Waals surface area contributed by atoms with Gasteiger partial charge in [0.05, 0.1) is 22.6 Å². The van der Waals surface area contributed by atoms with E-state index in [4.69, 9.17) is 0 Å². The highest BCUT2D eigenvalue weighted by atomic mass is 32.2. The summed E-state index contributed by atoms with van der Waals surface area (Å²) >= 11 is 0. The summed E-state index contributed by atoms with van der Waals surface area (Å²) in [6.45, 7) is 2.38. The van der Waals surface area contributed by atoms with Crippen molar-refractivity contribution in [2.45, 2.75) is 6.92 Å². The SMILES string of the molecule is CC1CN(C(=O)c2cnc3ccc(F)cc3c2)CCS(=O)(=O)C1. The van der Waals surface area contributed by atoms with Gasteiger partial charge in [-0.25, -0.2) is 12.8 Å². The van der Waals surface area contributed by atoms with Crippen molar-refractivity contribution in [2.75, 3.05) is 24.6 Å². The molecule has 5 nitrogen and oxygen atoms in total. The number of aromatic nitrogens is 1. The number of fused-ring (bicyclic) bond motifs is 1. The Bertz CT molecular complexity index is 867. The van der Waals surface area contributed by atoms with Gasteiger partial charge in [-0.1, -0.05) is 6.92 Å². The monoisotopic (exact) mass is 336 g/mol. The average Bonchev–Trinajstić information content (AvgIpc) is 2.62. The van der Waals surface area contributed by atoms with E-state index >= 15 is 0 Å². The molecule has 7 heteroatoms. The van der Waals surface area contributed by atoms with Crippen molar-refractivity contribution < 1.29 is 17.6 Å². The highest BCUT2D eigenvalue weighted by Gasteiger charge is 2.27. The lowest BCUT2D eigenvalue weighted by atomic mass is 10.1. The minimum absolute atomic E-state index is 0.0290. The zero-order valence-corrected chi connectivity index (χ0v) is 13.5. The van der Waals surface area contributed by atoms with Gasteiger partial charge in [0.1, 0.15) is 5.82 Å². The lowest BCUT2D eigenvalue weighted by Gasteiger charge is -2.22. The maximum atomic E-state index is 13.3. The molecule has 0 N–H and O–H groups in total. The van der Waals surface area contributed by atoms with Crippen LogP contribution in [-0.4, -0.2) is 48.8 Å². The number of pyridine rings is 1. The second kappa shape index (κ2) is 5.88. The molecule has 122 valence electrons. The number of benzene rings is 1. The van der Waals surface area contributed by atoms with Crippen LogP contribution in [0.1, 0.15) is 17.3 Å². The molecule has 2 heterocycles. The second-order valence-electron chi connectivity index (χ2n) is 6.03. The van der Waals surface area contributed by atoms with Crippen molar-refractivity contribution in [1.29, 1.82) is 0 Å². The first kappa shape index (κ1) is 15.9. The molecule has 1 fully saturated rings. The number of amides is 1. The lowest BCUT2D eigenvalue weighted by molar-refractivity contribution is 0.0751. The van der Waals surface area contributed by atoms with E-state index in [1.807, 2.05) is 6.92 Å². The standard InChI is InChI=1S/C16H17FN2O3S/c1-11-9-19(4-5-23(21,22)10-11)16(20)13-6-12-7-14(17)2-3-15(12)18-8-13/h2-3,6-8,11H,4-5,9-10H2,1H3. The van der Waals surface area contributed by atoms with Gasteiger partial charge in [0, 0.05) is 24.7 Å². The van der Waals surface area contributed by atoms with Crippen LogP contribution in [-0.2, 0) is 9.84 Å². The number of nitrogens with zero attached hydrogens (tertiary/aromatic N) is 2. The Hall–Kier alpha value is -2.02. The molecule has 1 unspecified atom stereocenters. The molecular formula is C16H17FN2O3S. The number of hydrogen-bond acceptors (Lipinski definition) is 4. The quantitative estimate of drug-likeness (QED) is 0.797. The zero-order valence-electron chi connectivity index (χ0n) is 12.7. The van der Waals surface area contributed by atoms with Gasteiger partial charge in [0.25, 0.3) is 5.91 Å². The summed E-state index contributed by atoms with van der Waals surface area (Å²) in [5, 5.41) is 0.548. The first-order valence-corrected chi connectivity index (χ1v) is 9.21. The molecule has 3 rings (SSSR count). The van der Waals surface area contributed by atoms with Gasteiger partial charge in [-0.2, -0.15) is 0 Å². The van der Waals surface area contributed by atoms with E-state index in [1.54, 1.807) is 12.1 Å². The summed E-state index contributed by atoms with van der Waals surface area (Å²) < 4.78 is 36.9. The van der Waals surface area contributed by atoms with E-state index in [1.165, 1.54) is 23.2 Å². The van der Waals surface area contributed by atoms with Crippen LogP contribution in [0.25, 0.3) is 10.9 Å². The number of carbonyl (C=O) groups excluding carboxylic acids is 1. The summed E-state index contributed by atoms with van der Waals surface area (Å²) in [5.41, 5.74) is 0.948. The molecule has 1 amide bonds. The largest absolute Gasteiger partial charge is 0.337 e. The van der Waals surface area contributed by atoms with Gasteiger partial charge in [-0.05, 0) is 30.2 Å². The van der Waals surface area contributed by atoms with Crippen molar-refractivity contribution in [3.05, 3.63) is 41.8 Å². The van der Waals surface area contributed by atoms with E-state index in [0.717, 1.165) is 0 Å². The van der Waals surface area contributed by atoms with E-state index < -0.39 is 15.7 Å². The van der Waals surface area contributed by atoms with Crippen LogP contribution in [0.15, 0.2) is 30.5 Å². The van der Waals surface area contributed by atoms with E-state index in [2.05, 4.69) is 4.98 Å². The highest BCUT2D eigenvalue weighted by Crippen LogP contribution is 2.18. The molecule has 1 saturated heterocycles. The number of rotatable bonds is 1. The Morgan fingerprint density at radius 3 is 2.91 bits per heavy atom. The number of hydrogen-bond donors (Lipinski definition) is 0. The van der Waals surface area contributed by atoms with Crippen LogP contribution < -0.4 is 0 Å². The minimum atomic E-state index is -3.12. The Labute approximate surface area is 134 Å². The number of carbonyl (C=O) groups is 1.